The Kier molecular flexibility index (Phi) is 5.31. The molecule has 0 saturated carbocycles. The summed E-state index contributed by atoms with van der Waals surface area (Å²) in [7, 11) is 2.14. The summed E-state index contributed by atoms with van der Waals surface area (Å²) in [5, 5.41) is 11.9. The van der Waals surface area contributed by atoms with Crippen LogP contribution < -0.4 is 5.32 Å². The highest BCUT2D eigenvalue weighted by atomic mass is 16.5. The maximum Gasteiger partial charge on any atom is 0.0697 e. The average molecular weight is 188 g/mol. The number of likely N-dealkylation sites (N-methyl/N-ethyl adjacent to an activating group) is 1. The maximum absolute atomic E-state index is 8.50. The molecule has 0 aromatic rings. The van der Waals surface area contributed by atoms with Crippen LogP contribution in [0.15, 0.2) is 0 Å². The van der Waals surface area contributed by atoms with E-state index in [2.05, 4.69) is 17.3 Å². The van der Waals surface area contributed by atoms with Crippen molar-refractivity contribution < 1.29 is 9.84 Å². The lowest BCUT2D eigenvalue weighted by Crippen LogP contribution is -2.49. The number of hydrogen-bond donors (Lipinski definition) is 2. The zero-order chi connectivity index (χ0) is 9.52. The number of aliphatic hydroxyl groups excluding tert-OH is 1. The Balaban J connectivity index is 2.00. The minimum atomic E-state index is 0.123. The maximum atomic E-state index is 8.50. The molecule has 1 atom stereocenters. The molecule has 4 nitrogen and oxygen atoms in total. The van der Waals surface area contributed by atoms with Crippen molar-refractivity contribution >= 4 is 0 Å². The molecular formula is C9H20N2O2. The fourth-order valence-corrected chi connectivity index (χ4v) is 1.58. The summed E-state index contributed by atoms with van der Waals surface area (Å²) in [4.78, 5) is 2.33. The Morgan fingerprint density at radius 1 is 1.54 bits per heavy atom. The van der Waals surface area contributed by atoms with Gasteiger partial charge in [-0.1, -0.05) is 0 Å². The second-order valence-corrected chi connectivity index (χ2v) is 3.54. The minimum absolute atomic E-state index is 0.123. The second kappa shape index (κ2) is 6.32. The molecule has 1 rings (SSSR count). The first-order valence-electron chi connectivity index (χ1n) is 4.93. The number of nitrogens with one attached hydrogen (secondary N) is 1. The molecule has 1 aliphatic rings. The van der Waals surface area contributed by atoms with Crippen molar-refractivity contribution in [3.8, 4) is 0 Å². The molecule has 13 heavy (non-hydrogen) atoms. The van der Waals surface area contributed by atoms with Gasteiger partial charge in [0.25, 0.3) is 0 Å². The third-order valence-electron chi connectivity index (χ3n) is 2.30. The molecule has 2 N–H and O–H groups in total. The summed E-state index contributed by atoms with van der Waals surface area (Å²) in [6.07, 6.45) is 1.03. The number of nitrogens with zero attached hydrogens (tertiary/aromatic N) is 1. The van der Waals surface area contributed by atoms with Gasteiger partial charge in [-0.05, 0) is 13.5 Å². The zero-order valence-corrected chi connectivity index (χ0v) is 8.33. The molecule has 1 fully saturated rings. The van der Waals surface area contributed by atoms with Gasteiger partial charge in [-0.2, -0.15) is 0 Å². The molecular weight excluding hydrogens is 168 g/mol. The van der Waals surface area contributed by atoms with Crippen molar-refractivity contribution in [2.24, 2.45) is 0 Å². The second-order valence-electron chi connectivity index (χ2n) is 3.54. The van der Waals surface area contributed by atoms with E-state index in [0.29, 0.717) is 12.6 Å². The van der Waals surface area contributed by atoms with Gasteiger partial charge < -0.3 is 20.1 Å². The summed E-state index contributed by atoms with van der Waals surface area (Å²) >= 11 is 0. The first-order chi connectivity index (χ1) is 6.33. The van der Waals surface area contributed by atoms with E-state index in [4.69, 9.17) is 9.84 Å². The van der Waals surface area contributed by atoms with Crippen molar-refractivity contribution in [1.82, 2.24) is 10.2 Å². The Morgan fingerprint density at radius 2 is 2.38 bits per heavy atom. The molecule has 0 aromatic carbocycles. The number of hydrogen-bond acceptors (Lipinski definition) is 4. The van der Waals surface area contributed by atoms with Gasteiger partial charge in [-0.3, -0.25) is 0 Å². The van der Waals surface area contributed by atoms with Gasteiger partial charge in [0.1, 0.15) is 0 Å². The largest absolute Gasteiger partial charge is 0.394 e. The summed E-state index contributed by atoms with van der Waals surface area (Å²) in [5.74, 6) is 0. The van der Waals surface area contributed by atoms with Crippen LogP contribution in [0.4, 0.5) is 0 Å². The van der Waals surface area contributed by atoms with E-state index >= 15 is 0 Å². The molecule has 1 saturated heterocycles. The molecule has 78 valence electrons. The lowest BCUT2D eigenvalue weighted by Gasteiger charge is -2.30. The van der Waals surface area contributed by atoms with E-state index in [-0.39, 0.29) is 6.61 Å². The normalized spacial score (nSPS) is 24.9. The lowest BCUT2D eigenvalue weighted by atomic mass is 10.1. The molecule has 0 spiro atoms. The SMILES string of the molecule is CN1CCNC(CCOCCO)C1. The van der Waals surface area contributed by atoms with Crippen molar-refractivity contribution in [1.29, 1.82) is 0 Å². The van der Waals surface area contributed by atoms with Crippen LogP contribution in [0, 0.1) is 0 Å². The van der Waals surface area contributed by atoms with E-state index in [1.807, 2.05) is 0 Å². The van der Waals surface area contributed by atoms with Gasteiger partial charge in [0.05, 0.1) is 13.2 Å². The van der Waals surface area contributed by atoms with E-state index < -0.39 is 0 Å². The summed E-state index contributed by atoms with van der Waals surface area (Å²) in [6.45, 7) is 4.63. The highest BCUT2D eigenvalue weighted by Gasteiger charge is 2.15. The molecule has 4 heteroatoms. The highest BCUT2D eigenvalue weighted by molar-refractivity contribution is 4.76. The monoisotopic (exact) mass is 188 g/mol. The Bertz CT molecular complexity index is 133. The van der Waals surface area contributed by atoms with Gasteiger partial charge in [-0.15, -0.1) is 0 Å². The molecule has 0 amide bonds. The lowest BCUT2D eigenvalue weighted by molar-refractivity contribution is 0.0804. The predicted octanol–water partition coefficient (Wildman–Crippen LogP) is -0.711. The van der Waals surface area contributed by atoms with E-state index in [9.17, 15) is 0 Å². The quantitative estimate of drug-likeness (QED) is 0.559. The molecule has 0 aliphatic carbocycles. The fourth-order valence-electron chi connectivity index (χ4n) is 1.58. The van der Waals surface area contributed by atoms with E-state index in [0.717, 1.165) is 32.7 Å². The number of piperazine rings is 1. The van der Waals surface area contributed by atoms with Crippen LogP contribution in [0.3, 0.4) is 0 Å². The van der Waals surface area contributed by atoms with Crippen LogP contribution in [0.25, 0.3) is 0 Å². The predicted molar refractivity (Wildman–Crippen MR) is 51.8 cm³/mol. The van der Waals surface area contributed by atoms with Crippen molar-refractivity contribution in [2.45, 2.75) is 12.5 Å². The van der Waals surface area contributed by atoms with Crippen LogP contribution in [0.1, 0.15) is 6.42 Å². The first-order valence-corrected chi connectivity index (χ1v) is 4.93. The van der Waals surface area contributed by atoms with Gasteiger partial charge >= 0.3 is 0 Å². The number of rotatable bonds is 5. The van der Waals surface area contributed by atoms with Crippen LogP contribution in [-0.2, 0) is 4.74 Å². The zero-order valence-electron chi connectivity index (χ0n) is 8.33. The van der Waals surface area contributed by atoms with E-state index in [1.54, 1.807) is 0 Å². The topological polar surface area (TPSA) is 44.7 Å². The van der Waals surface area contributed by atoms with Crippen molar-refractivity contribution in [3.63, 3.8) is 0 Å². The minimum Gasteiger partial charge on any atom is -0.394 e. The van der Waals surface area contributed by atoms with Crippen LogP contribution >= 0.6 is 0 Å². The van der Waals surface area contributed by atoms with Gasteiger partial charge in [0.15, 0.2) is 0 Å². The third kappa shape index (κ3) is 4.57. The van der Waals surface area contributed by atoms with Gasteiger partial charge in [-0.25, -0.2) is 0 Å². The standard InChI is InChI=1S/C9H20N2O2/c1-11-4-3-10-9(8-11)2-6-13-7-5-12/h9-10,12H,2-8H2,1H3. The smallest absolute Gasteiger partial charge is 0.0697 e. The van der Waals surface area contributed by atoms with Crippen LogP contribution in [-0.4, -0.2) is 62.6 Å². The first kappa shape index (κ1) is 10.9. The van der Waals surface area contributed by atoms with Gasteiger partial charge in [0, 0.05) is 32.3 Å². The Hall–Kier alpha value is -0.160. The molecule has 0 radical (unpaired) electrons. The van der Waals surface area contributed by atoms with Crippen molar-refractivity contribution in [2.75, 3.05) is 46.5 Å². The van der Waals surface area contributed by atoms with Crippen LogP contribution in [0.5, 0.6) is 0 Å². The number of aliphatic hydroxyl groups is 1. The summed E-state index contributed by atoms with van der Waals surface area (Å²) in [5.41, 5.74) is 0. The molecule has 1 aliphatic heterocycles. The molecule has 1 unspecified atom stereocenters. The average Bonchev–Trinajstić information content (AvgIpc) is 2.13. The van der Waals surface area contributed by atoms with Gasteiger partial charge in [0.2, 0.25) is 0 Å². The van der Waals surface area contributed by atoms with Crippen LogP contribution in [0.2, 0.25) is 0 Å². The summed E-state index contributed by atoms with van der Waals surface area (Å²) in [6, 6.07) is 0.553. The molecule has 1 heterocycles. The summed E-state index contributed by atoms with van der Waals surface area (Å²) < 4.78 is 5.21. The number of ether oxygens (including phenoxy) is 1. The fraction of sp³-hybridized carbons (Fsp3) is 1.00. The Morgan fingerprint density at radius 3 is 3.08 bits per heavy atom. The third-order valence-corrected chi connectivity index (χ3v) is 2.30. The highest BCUT2D eigenvalue weighted by Crippen LogP contribution is 2.00. The van der Waals surface area contributed by atoms with E-state index in [1.165, 1.54) is 0 Å². The molecule has 0 bridgehead atoms. The molecule has 0 aromatic heterocycles. The van der Waals surface area contributed by atoms with Crippen molar-refractivity contribution in [3.05, 3.63) is 0 Å². The Labute approximate surface area is 79.9 Å².